The van der Waals surface area contributed by atoms with E-state index in [1.165, 1.54) is 61.2 Å². The summed E-state index contributed by atoms with van der Waals surface area (Å²) in [5.74, 6) is 1.68. The highest BCUT2D eigenvalue weighted by Crippen LogP contribution is 2.62. The SMILES string of the molecule is c1ccc(N(c2ccc3c(c2)-c2ccccc2C32c3ccccc3-c3ccccc3-c3ccccc32)c2cccc3c2Oc2ccccc2-c2ccccc2-3)cc1. The Bertz CT molecular complexity index is 3000. The van der Waals surface area contributed by atoms with Crippen LogP contribution in [-0.2, 0) is 5.41 Å². The van der Waals surface area contributed by atoms with Crippen LogP contribution in [0, 0.1) is 0 Å². The molecule has 1 spiro atoms. The Morgan fingerprint density at radius 2 is 0.737 bits per heavy atom. The molecule has 0 N–H and O–H groups in total. The van der Waals surface area contributed by atoms with Gasteiger partial charge in [0.25, 0.3) is 0 Å². The van der Waals surface area contributed by atoms with Gasteiger partial charge in [0.2, 0.25) is 0 Å². The third-order valence-corrected chi connectivity index (χ3v) is 12.3. The van der Waals surface area contributed by atoms with Gasteiger partial charge in [-0.25, -0.2) is 0 Å². The minimum absolute atomic E-state index is 0.533. The summed E-state index contributed by atoms with van der Waals surface area (Å²) in [4.78, 5) is 2.37. The summed E-state index contributed by atoms with van der Waals surface area (Å²) in [5.41, 5.74) is 19.8. The molecule has 9 aromatic rings. The average Bonchev–Trinajstić information content (AvgIpc) is 3.41. The minimum Gasteiger partial charge on any atom is -0.454 e. The molecule has 0 saturated heterocycles. The van der Waals surface area contributed by atoms with Gasteiger partial charge in [0.05, 0.1) is 11.1 Å². The van der Waals surface area contributed by atoms with Gasteiger partial charge in [0.15, 0.2) is 5.75 Å². The van der Waals surface area contributed by atoms with Gasteiger partial charge in [-0.3, -0.25) is 0 Å². The number of ether oxygens (including phenoxy) is 1. The molecular formula is C55H35NO. The van der Waals surface area contributed by atoms with Crippen LogP contribution < -0.4 is 9.64 Å². The summed E-state index contributed by atoms with van der Waals surface area (Å²) in [6, 6.07) is 77.5. The number of fused-ring (bicyclic) bond motifs is 17. The number of rotatable bonds is 3. The van der Waals surface area contributed by atoms with Crippen LogP contribution in [-0.4, -0.2) is 0 Å². The number of nitrogens with zero attached hydrogens (tertiary/aromatic N) is 1. The maximum Gasteiger partial charge on any atom is 0.159 e. The summed E-state index contributed by atoms with van der Waals surface area (Å²) in [5, 5.41) is 0. The number of benzene rings is 9. The maximum atomic E-state index is 7.06. The highest BCUT2D eigenvalue weighted by molar-refractivity contribution is 5.99. The number of anilines is 3. The molecule has 0 radical (unpaired) electrons. The van der Waals surface area contributed by atoms with E-state index < -0.39 is 5.41 Å². The van der Waals surface area contributed by atoms with Crippen molar-refractivity contribution in [2.24, 2.45) is 0 Å². The van der Waals surface area contributed by atoms with Crippen LogP contribution in [0.25, 0.3) is 55.6 Å². The summed E-state index contributed by atoms with van der Waals surface area (Å²) in [6.07, 6.45) is 0. The predicted octanol–water partition coefficient (Wildman–Crippen LogP) is 14.6. The van der Waals surface area contributed by atoms with Crippen molar-refractivity contribution in [2.45, 2.75) is 5.41 Å². The maximum absolute atomic E-state index is 7.06. The second kappa shape index (κ2) is 12.3. The van der Waals surface area contributed by atoms with E-state index >= 15 is 0 Å². The first-order chi connectivity index (χ1) is 28.3. The Morgan fingerprint density at radius 3 is 1.35 bits per heavy atom. The van der Waals surface area contributed by atoms with Crippen molar-refractivity contribution in [3.63, 3.8) is 0 Å². The molecule has 12 rings (SSSR count). The van der Waals surface area contributed by atoms with Crippen LogP contribution >= 0.6 is 0 Å². The van der Waals surface area contributed by atoms with E-state index in [0.29, 0.717) is 0 Å². The Hall–Kier alpha value is -7.42. The van der Waals surface area contributed by atoms with E-state index in [2.05, 4.69) is 217 Å². The zero-order valence-electron chi connectivity index (χ0n) is 31.1. The molecule has 0 atom stereocenters. The normalized spacial score (nSPS) is 13.2. The van der Waals surface area contributed by atoms with Crippen molar-refractivity contribution in [1.29, 1.82) is 0 Å². The van der Waals surface area contributed by atoms with Crippen molar-refractivity contribution in [1.82, 2.24) is 0 Å². The lowest BCUT2D eigenvalue weighted by molar-refractivity contribution is 0.489. The quantitative estimate of drug-likeness (QED) is 0.180. The zero-order valence-corrected chi connectivity index (χ0v) is 31.1. The third-order valence-electron chi connectivity index (χ3n) is 12.3. The molecule has 0 aromatic heterocycles. The van der Waals surface area contributed by atoms with E-state index in [0.717, 1.165) is 45.3 Å². The average molecular weight is 726 g/mol. The summed E-state index contributed by atoms with van der Waals surface area (Å²) in [7, 11) is 0. The van der Waals surface area contributed by atoms with Gasteiger partial charge in [-0.15, -0.1) is 0 Å². The summed E-state index contributed by atoms with van der Waals surface area (Å²) < 4.78 is 7.06. The first kappa shape index (κ1) is 31.9. The molecule has 266 valence electrons. The fraction of sp³-hybridized carbons (Fsp3) is 0.0182. The molecule has 1 heterocycles. The van der Waals surface area contributed by atoms with Gasteiger partial charge in [-0.1, -0.05) is 176 Å². The van der Waals surface area contributed by atoms with Crippen LogP contribution in [0.5, 0.6) is 11.5 Å². The predicted molar refractivity (Wildman–Crippen MR) is 234 cm³/mol. The van der Waals surface area contributed by atoms with Crippen molar-refractivity contribution >= 4 is 17.1 Å². The Balaban J connectivity index is 1.13. The first-order valence-corrected chi connectivity index (χ1v) is 19.7. The van der Waals surface area contributed by atoms with Crippen LogP contribution in [0.1, 0.15) is 22.3 Å². The molecule has 9 aromatic carbocycles. The van der Waals surface area contributed by atoms with Crippen molar-refractivity contribution in [2.75, 3.05) is 4.90 Å². The van der Waals surface area contributed by atoms with E-state index in [4.69, 9.17) is 4.74 Å². The number of hydrogen-bond donors (Lipinski definition) is 0. The van der Waals surface area contributed by atoms with Crippen molar-refractivity contribution in [3.8, 4) is 67.1 Å². The molecule has 57 heavy (non-hydrogen) atoms. The smallest absolute Gasteiger partial charge is 0.159 e. The molecule has 0 unspecified atom stereocenters. The lowest BCUT2D eigenvalue weighted by atomic mass is 9.66. The van der Waals surface area contributed by atoms with Gasteiger partial charge in [0.1, 0.15) is 5.75 Å². The molecule has 2 nitrogen and oxygen atoms in total. The highest BCUT2D eigenvalue weighted by Gasteiger charge is 2.49. The number of hydrogen-bond acceptors (Lipinski definition) is 2. The fourth-order valence-electron chi connectivity index (χ4n) is 10.0. The molecule has 3 aliphatic rings. The molecule has 0 bridgehead atoms. The standard InChI is InChI=1S/C55H35NO/c1-2-17-36(18-3-1)56(52-31-16-27-46-41-22-7-6-21-40(41)45-26-11-15-32-53(45)57-54(46)52)37-33-34-51-47(35-37)44-25-10-14-30-50(44)55(51)48-28-12-8-23-42(48)38-19-4-5-20-39(38)43-24-9-13-29-49(43)55/h1-35H. The Morgan fingerprint density at radius 1 is 0.298 bits per heavy atom. The van der Waals surface area contributed by atoms with Crippen molar-refractivity contribution in [3.05, 3.63) is 235 Å². The molecule has 2 heteroatoms. The topological polar surface area (TPSA) is 12.5 Å². The van der Waals surface area contributed by atoms with Gasteiger partial charge < -0.3 is 9.64 Å². The number of para-hydroxylation sites is 3. The zero-order chi connectivity index (χ0) is 37.5. The molecular weight excluding hydrogens is 691 g/mol. The monoisotopic (exact) mass is 725 g/mol. The van der Waals surface area contributed by atoms with Crippen LogP contribution in [0.3, 0.4) is 0 Å². The Kier molecular flexibility index (Phi) is 6.88. The van der Waals surface area contributed by atoms with Crippen LogP contribution in [0.15, 0.2) is 212 Å². The van der Waals surface area contributed by atoms with Gasteiger partial charge >= 0.3 is 0 Å². The lowest BCUT2D eigenvalue weighted by Crippen LogP contribution is -2.29. The largest absolute Gasteiger partial charge is 0.454 e. The van der Waals surface area contributed by atoms with Gasteiger partial charge in [0, 0.05) is 22.5 Å². The third kappa shape index (κ3) is 4.47. The van der Waals surface area contributed by atoms with E-state index in [1.54, 1.807) is 0 Å². The Labute approximate surface area is 332 Å². The van der Waals surface area contributed by atoms with Gasteiger partial charge in [-0.05, 0) is 103 Å². The highest BCUT2D eigenvalue weighted by atomic mass is 16.5. The summed E-state index contributed by atoms with van der Waals surface area (Å²) in [6.45, 7) is 0. The second-order valence-corrected chi connectivity index (χ2v) is 15.1. The van der Waals surface area contributed by atoms with E-state index in [9.17, 15) is 0 Å². The van der Waals surface area contributed by atoms with Gasteiger partial charge in [-0.2, -0.15) is 0 Å². The molecule has 0 fully saturated rings. The van der Waals surface area contributed by atoms with Crippen LogP contribution in [0.2, 0.25) is 0 Å². The van der Waals surface area contributed by atoms with E-state index in [-0.39, 0.29) is 0 Å². The summed E-state index contributed by atoms with van der Waals surface area (Å²) >= 11 is 0. The first-order valence-electron chi connectivity index (χ1n) is 19.7. The molecule has 2 aliphatic carbocycles. The lowest BCUT2D eigenvalue weighted by Gasteiger charge is -2.35. The fourth-order valence-corrected chi connectivity index (χ4v) is 10.0. The molecule has 1 aliphatic heterocycles. The minimum atomic E-state index is -0.533. The van der Waals surface area contributed by atoms with E-state index in [1.807, 2.05) is 0 Å². The molecule has 0 amide bonds. The van der Waals surface area contributed by atoms with Crippen molar-refractivity contribution < 1.29 is 4.74 Å². The molecule has 0 saturated carbocycles. The van der Waals surface area contributed by atoms with Crippen LogP contribution in [0.4, 0.5) is 17.1 Å². The second-order valence-electron chi connectivity index (χ2n) is 15.1.